The normalized spacial score (nSPS) is 20.6. The minimum atomic E-state index is -0.679. The SMILES string of the molecule is CCCCCC1CCC(c2cc(F)c(C(=O)CCCC)c(F)c2)CC1. The van der Waals surface area contributed by atoms with Crippen molar-refractivity contribution in [2.24, 2.45) is 5.92 Å². The summed E-state index contributed by atoms with van der Waals surface area (Å²) in [6, 6.07) is 2.81. The van der Waals surface area contributed by atoms with E-state index in [1.54, 1.807) is 0 Å². The molecule has 0 aromatic heterocycles. The molecule has 2 rings (SSSR count). The molecular formula is C22H32F2O. The van der Waals surface area contributed by atoms with Gasteiger partial charge in [-0.05, 0) is 61.6 Å². The fourth-order valence-corrected chi connectivity index (χ4v) is 4.02. The lowest BCUT2D eigenvalue weighted by Crippen LogP contribution is -2.15. The monoisotopic (exact) mass is 350 g/mol. The lowest BCUT2D eigenvalue weighted by atomic mass is 9.77. The fraction of sp³-hybridized carbons (Fsp3) is 0.682. The van der Waals surface area contributed by atoms with Crippen LogP contribution in [0.4, 0.5) is 8.78 Å². The van der Waals surface area contributed by atoms with E-state index in [4.69, 9.17) is 0 Å². The van der Waals surface area contributed by atoms with Crippen molar-refractivity contribution in [2.75, 3.05) is 0 Å². The van der Waals surface area contributed by atoms with Gasteiger partial charge in [0.15, 0.2) is 5.78 Å². The van der Waals surface area contributed by atoms with E-state index in [0.717, 1.165) is 43.6 Å². The quantitative estimate of drug-likeness (QED) is 0.340. The summed E-state index contributed by atoms with van der Waals surface area (Å²) in [6.45, 7) is 4.18. The predicted octanol–water partition coefficient (Wildman–Crippen LogP) is 7.19. The summed E-state index contributed by atoms with van der Waals surface area (Å²) in [4.78, 5) is 12.0. The molecule has 0 heterocycles. The molecule has 1 aromatic rings. The molecule has 1 aliphatic carbocycles. The molecule has 0 atom stereocenters. The Morgan fingerprint density at radius 1 is 0.960 bits per heavy atom. The van der Waals surface area contributed by atoms with E-state index in [0.29, 0.717) is 6.42 Å². The number of hydrogen-bond acceptors (Lipinski definition) is 1. The molecule has 140 valence electrons. The van der Waals surface area contributed by atoms with E-state index < -0.39 is 17.4 Å². The Kier molecular flexibility index (Phi) is 8.05. The molecule has 1 saturated carbocycles. The number of hydrogen-bond donors (Lipinski definition) is 0. The zero-order valence-corrected chi connectivity index (χ0v) is 15.8. The van der Waals surface area contributed by atoms with Crippen molar-refractivity contribution in [1.29, 1.82) is 0 Å². The third-order valence-corrected chi connectivity index (χ3v) is 5.63. The Morgan fingerprint density at radius 2 is 1.56 bits per heavy atom. The van der Waals surface area contributed by atoms with E-state index in [-0.39, 0.29) is 17.9 Å². The summed E-state index contributed by atoms with van der Waals surface area (Å²) in [7, 11) is 0. The van der Waals surface area contributed by atoms with Gasteiger partial charge in [-0.1, -0.05) is 46.0 Å². The molecule has 1 nitrogen and oxygen atoms in total. The van der Waals surface area contributed by atoms with Gasteiger partial charge in [-0.15, -0.1) is 0 Å². The Labute approximate surface area is 151 Å². The number of rotatable bonds is 9. The number of unbranched alkanes of at least 4 members (excludes halogenated alkanes) is 3. The van der Waals surface area contributed by atoms with E-state index >= 15 is 0 Å². The number of ketones is 1. The van der Waals surface area contributed by atoms with Crippen LogP contribution in [0, 0.1) is 17.6 Å². The Bertz CT molecular complexity index is 536. The number of carbonyl (C=O) groups excluding carboxylic acids is 1. The Balaban J connectivity index is 1.98. The molecule has 0 spiro atoms. The van der Waals surface area contributed by atoms with Crippen LogP contribution in [0.3, 0.4) is 0 Å². The van der Waals surface area contributed by atoms with Gasteiger partial charge in [-0.3, -0.25) is 4.79 Å². The van der Waals surface area contributed by atoms with E-state index in [1.165, 1.54) is 37.8 Å². The first-order valence-corrected chi connectivity index (χ1v) is 10.1. The highest BCUT2D eigenvalue weighted by atomic mass is 19.1. The zero-order chi connectivity index (χ0) is 18.2. The highest BCUT2D eigenvalue weighted by Crippen LogP contribution is 2.38. The summed E-state index contributed by atoms with van der Waals surface area (Å²) in [5.41, 5.74) is 0.388. The molecule has 0 aliphatic heterocycles. The van der Waals surface area contributed by atoms with Crippen molar-refractivity contribution in [3.05, 3.63) is 34.9 Å². The van der Waals surface area contributed by atoms with E-state index in [1.807, 2.05) is 6.92 Å². The summed E-state index contributed by atoms with van der Waals surface area (Å²) in [6.07, 6.45) is 11.1. The van der Waals surface area contributed by atoms with Gasteiger partial charge in [0, 0.05) is 6.42 Å². The van der Waals surface area contributed by atoms with Crippen molar-refractivity contribution >= 4 is 5.78 Å². The third-order valence-electron chi connectivity index (χ3n) is 5.63. The average molecular weight is 350 g/mol. The first-order chi connectivity index (χ1) is 12.1. The van der Waals surface area contributed by atoms with Crippen LogP contribution in [0.15, 0.2) is 12.1 Å². The van der Waals surface area contributed by atoms with Gasteiger partial charge < -0.3 is 0 Å². The topological polar surface area (TPSA) is 17.1 Å². The van der Waals surface area contributed by atoms with Crippen LogP contribution in [0.1, 0.15) is 106 Å². The van der Waals surface area contributed by atoms with Gasteiger partial charge in [0.2, 0.25) is 0 Å². The van der Waals surface area contributed by atoms with Crippen molar-refractivity contribution in [3.8, 4) is 0 Å². The molecule has 0 amide bonds. The van der Waals surface area contributed by atoms with Gasteiger partial charge in [-0.2, -0.15) is 0 Å². The van der Waals surface area contributed by atoms with Crippen LogP contribution in [-0.4, -0.2) is 5.78 Å². The number of halogens is 2. The minimum absolute atomic E-state index is 0.215. The number of Topliss-reactive ketones (excluding diaryl/α,β-unsaturated/α-hetero) is 1. The average Bonchev–Trinajstić information content (AvgIpc) is 2.60. The van der Waals surface area contributed by atoms with Crippen LogP contribution in [0.2, 0.25) is 0 Å². The van der Waals surface area contributed by atoms with E-state index in [9.17, 15) is 13.6 Å². The maximum Gasteiger partial charge on any atom is 0.168 e. The maximum atomic E-state index is 14.4. The molecule has 0 radical (unpaired) electrons. The van der Waals surface area contributed by atoms with Gasteiger partial charge in [-0.25, -0.2) is 8.78 Å². The standard InChI is InChI=1S/C22H32F2O/c1-3-5-7-8-16-10-12-17(13-11-16)18-14-19(23)22(20(24)15-18)21(25)9-6-4-2/h14-17H,3-13H2,1-2H3. The first-order valence-electron chi connectivity index (χ1n) is 10.1. The molecular weight excluding hydrogens is 318 g/mol. The van der Waals surface area contributed by atoms with Crippen molar-refractivity contribution in [3.63, 3.8) is 0 Å². The van der Waals surface area contributed by atoms with Crippen LogP contribution >= 0.6 is 0 Å². The Hall–Kier alpha value is -1.25. The second-order valence-electron chi connectivity index (χ2n) is 7.60. The maximum absolute atomic E-state index is 14.4. The molecule has 25 heavy (non-hydrogen) atoms. The minimum Gasteiger partial charge on any atom is -0.294 e. The largest absolute Gasteiger partial charge is 0.294 e. The highest BCUT2D eigenvalue weighted by Gasteiger charge is 2.25. The number of carbonyl (C=O) groups is 1. The summed E-state index contributed by atoms with van der Waals surface area (Å²) in [5.74, 6) is -0.774. The lowest BCUT2D eigenvalue weighted by molar-refractivity contribution is 0.0971. The summed E-state index contributed by atoms with van der Waals surface area (Å²) >= 11 is 0. The van der Waals surface area contributed by atoms with Gasteiger partial charge in [0.25, 0.3) is 0 Å². The summed E-state index contributed by atoms with van der Waals surface area (Å²) in [5, 5.41) is 0. The molecule has 0 bridgehead atoms. The number of benzene rings is 1. The van der Waals surface area contributed by atoms with Crippen molar-refractivity contribution < 1.29 is 13.6 Å². The molecule has 1 aliphatic rings. The molecule has 0 unspecified atom stereocenters. The van der Waals surface area contributed by atoms with E-state index in [2.05, 4.69) is 6.92 Å². The Morgan fingerprint density at radius 3 is 2.12 bits per heavy atom. The van der Waals surface area contributed by atoms with Crippen LogP contribution in [0.5, 0.6) is 0 Å². The summed E-state index contributed by atoms with van der Waals surface area (Å²) < 4.78 is 28.7. The van der Waals surface area contributed by atoms with Crippen LogP contribution in [-0.2, 0) is 0 Å². The van der Waals surface area contributed by atoms with Gasteiger partial charge in [0.05, 0.1) is 5.56 Å². The predicted molar refractivity (Wildman–Crippen MR) is 99.1 cm³/mol. The molecule has 1 fully saturated rings. The van der Waals surface area contributed by atoms with Crippen LogP contribution in [0.25, 0.3) is 0 Å². The molecule has 0 N–H and O–H groups in total. The second-order valence-corrected chi connectivity index (χ2v) is 7.60. The molecule has 1 aromatic carbocycles. The second kappa shape index (κ2) is 10.0. The zero-order valence-electron chi connectivity index (χ0n) is 15.8. The lowest BCUT2D eigenvalue weighted by Gasteiger charge is -2.29. The smallest absolute Gasteiger partial charge is 0.168 e. The highest BCUT2D eigenvalue weighted by molar-refractivity contribution is 5.96. The van der Waals surface area contributed by atoms with Crippen molar-refractivity contribution in [2.45, 2.75) is 90.4 Å². The molecule has 3 heteroatoms. The van der Waals surface area contributed by atoms with Gasteiger partial charge in [0.1, 0.15) is 11.6 Å². The van der Waals surface area contributed by atoms with Crippen LogP contribution < -0.4 is 0 Å². The van der Waals surface area contributed by atoms with Gasteiger partial charge >= 0.3 is 0 Å². The van der Waals surface area contributed by atoms with Crippen molar-refractivity contribution in [1.82, 2.24) is 0 Å². The first kappa shape index (κ1) is 20.1. The fourth-order valence-electron chi connectivity index (χ4n) is 4.02. The third kappa shape index (κ3) is 5.62. The molecule has 0 saturated heterocycles.